The molecule has 0 aliphatic heterocycles. The fourth-order valence-corrected chi connectivity index (χ4v) is 1.14. The third-order valence-corrected chi connectivity index (χ3v) is 1.92. The first-order valence-electron chi connectivity index (χ1n) is 5.38. The summed E-state index contributed by atoms with van der Waals surface area (Å²) < 4.78 is 0. The van der Waals surface area contributed by atoms with Gasteiger partial charge in [0.1, 0.15) is 0 Å². The summed E-state index contributed by atoms with van der Waals surface area (Å²) in [7, 11) is 0. The minimum atomic E-state index is -0.364. The zero-order valence-corrected chi connectivity index (χ0v) is 9.04. The molecule has 0 aromatic heterocycles. The van der Waals surface area contributed by atoms with E-state index in [4.69, 9.17) is 5.73 Å². The van der Waals surface area contributed by atoms with Crippen LogP contribution in [0, 0.1) is 0 Å². The molecule has 0 saturated carbocycles. The molecule has 0 aliphatic carbocycles. The fraction of sp³-hybridized carbons (Fsp3) is 0.583. The van der Waals surface area contributed by atoms with Crippen LogP contribution in [0.1, 0.15) is 45.4 Å². The van der Waals surface area contributed by atoms with Crippen molar-refractivity contribution in [2.24, 2.45) is 5.73 Å². The van der Waals surface area contributed by atoms with Gasteiger partial charge < -0.3 is 5.73 Å². The molecule has 0 fully saturated rings. The Hall–Kier alpha value is -1.05. The number of carbonyl (C=O) groups excluding carboxylic acids is 1. The van der Waals surface area contributed by atoms with Crippen molar-refractivity contribution < 1.29 is 4.79 Å². The van der Waals surface area contributed by atoms with E-state index in [9.17, 15) is 4.79 Å². The van der Waals surface area contributed by atoms with Crippen molar-refractivity contribution in [1.29, 1.82) is 0 Å². The Balaban J connectivity index is 3.22. The second-order valence-electron chi connectivity index (χ2n) is 3.35. The molecular formula is C12H21NO. The third-order valence-electron chi connectivity index (χ3n) is 1.92. The van der Waals surface area contributed by atoms with Crippen molar-refractivity contribution in [2.75, 3.05) is 0 Å². The van der Waals surface area contributed by atoms with Crippen LogP contribution in [0.4, 0.5) is 0 Å². The lowest BCUT2D eigenvalue weighted by atomic mass is 10.2. The maximum absolute atomic E-state index is 10.3. The van der Waals surface area contributed by atoms with Gasteiger partial charge in [-0.25, -0.2) is 0 Å². The number of amides is 1. The van der Waals surface area contributed by atoms with Gasteiger partial charge in [0.2, 0.25) is 5.91 Å². The number of carbonyl (C=O) groups is 1. The Morgan fingerprint density at radius 3 is 2.36 bits per heavy atom. The first-order valence-corrected chi connectivity index (χ1v) is 5.38. The summed E-state index contributed by atoms with van der Waals surface area (Å²) in [6.45, 7) is 2.21. The molecule has 2 nitrogen and oxygen atoms in total. The number of nitrogens with two attached hydrogens (primary N) is 1. The van der Waals surface area contributed by atoms with Crippen LogP contribution in [-0.2, 0) is 4.79 Å². The lowest BCUT2D eigenvalue weighted by Gasteiger charge is -1.91. The van der Waals surface area contributed by atoms with Gasteiger partial charge in [-0.2, -0.15) is 0 Å². The largest absolute Gasteiger partial charge is 0.366 e. The Kier molecular flexibility index (Phi) is 9.28. The molecule has 0 aromatic carbocycles. The quantitative estimate of drug-likeness (QED) is 0.361. The van der Waals surface area contributed by atoms with Crippen LogP contribution in [-0.4, -0.2) is 5.91 Å². The van der Waals surface area contributed by atoms with Crippen LogP contribution in [0.2, 0.25) is 0 Å². The number of primary amides is 1. The van der Waals surface area contributed by atoms with Gasteiger partial charge in [-0.05, 0) is 31.8 Å². The van der Waals surface area contributed by atoms with Gasteiger partial charge in [-0.15, -0.1) is 0 Å². The van der Waals surface area contributed by atoms with Crippen molar-refractivity contribution in [1.82, 2.24) is 0 Å². The number of allylic oxidation sites excluding steroid dienone is 3. The van der Waals surface area contributed by atoms with Crippen LogP contribution in [0.25, 0.3) is 0 Å². The molecule has 0 aliphatic rings. The van der Waals surface area contributed by atoms with Gasteiger partial charge in [0, 0.05) is 0 Å². The molecule has 0 atom stereocenters. The average Bonchev–Trinajstić information content (AvgIpc) is 2.15. The monoisotopic (exact) mass is 195 g/mol. The van der Waals surface area contributed by atoms with Crippen LogP contribution < -0.4 is 5.73 Å². The van der Waals surface area contributed by atoms with Gasteiger partial charge in [0.05, 0.1) is 0 Å². The van der Waals surface area contributed by atoms with E-state index in [-0.39, 0.29) is 5.91 Å². The Morgan fingerprint density at radius 2 is 1.71 bits per heavy atom. The summed E-state index contributed by atoms with van der Waals surface area (Å²) in [5, 5.41) is 0. The highest BCUT2D eigenvalue weighted by molar-refractivity contribution is 5.85. The van der Waals surface area contributed by atoms with E-state index in [2.05, 4.69) is 19.1 Å². The van der Waals surface area contributed by atoms with Crippen molar-refractivity contribution in [3.8, 4) is 0 Å². The Morgan fingerprint density at radius 1 is 1.07 bits per heavy atom. The van der Waals surface area contributed by atoms with Crippen LogP contribution >= 0.6 is 0 Å². The summed E-state index contributed by atoms with van der Waals surface area (Å²) in [6, 6.07) is 0. The first-order chi connectivity index (χ1) is 6.77. The molecule has 0 radical (unpaired) electrons. The van der Waals surface area contributed by atoms with Crippen molar-refractivity contribution in [3.63, 3.8) is 0 Å². The predicted molar refractivity (Wildman–Crippen MR) is 60.9 cm³/mol. The van der Waals surface area contributed by atoms with E-state index in [0.29, 0.717) is 0 Å². The van der Waals surface area contributed by atoms with Gasteiger partial charge in [-0.3, -0.25) is 4.79 Å². The van der Waals surface area contributed by atoms with Gasteiger partial charge >= 0.3 is 0 Å². The number of unbranched alkanes of at least 4 members (excludes halogenated alkanes) is 4. The summed E-state index contributed by atoms with van der Waals surface area (Å²) in [5.74, 6) is -0.364. The van der Waals surface area contributed by atoms with Crippen molar-refractivity contribution in [2.45, 2.75) is 45.4 Å². The summed E-state index contributed by atoms with van der Waals surface area (Å²) >= 11 is 0. The number of rotatable bonds is 8. The van der Waals surface area contributed by atoms with E-state index in [1.165, 1.54) is 31.8 Å². The maximum Gasteiger partial charge on any atom is 0.241 e. The number of hydrogen-bond donors (Lipinski definition) is 1. The van der Waals surface area contributed by atoms with Crippen molar-refractivity contribution in [3.05, 3.63) is 24.3 Å². The zero-order valence-electron chi connectivity index (χ0n) is 9.04. The highest BCUT2D eigenvalue weighted by Crippen LogP contribution is 2.01. The molecule has 0 heterocycles. The Bertz CT molecular complexity index is 194. The maximum atomic E-state index is 10.3. The molecule has 1 amide bonds. The van der Waals surface area contributed by atoms with Crippen LogP contribution in [0.5, 0.6) is 0 Å². The SMILES string of the molecule is CCCCCC=CCC/C=C/C(N)=O. The lowest BCUT2D eigenvalue weighted by molar-refractivity contribution is -0.113. The van der Waals surface area contributed by atoms with Gasteiger partial charge in [0.25, 0.3) is 0 Å². The van der Waals surface area contributed by atoms with Crippen molar-refractivity contribution >= 4 is 5.91 Å². The molecule has 2 N–H and O–H groups in total. The second-order valence-corrected chi connectivity index (χ2v) is 3.35. The van der Waals surface area contributed by atoms with E-state index in [0.717, 1.165) is 12.8 Å². The van der Waals surface area contributed by atoms with Gasteiger partial charge in [-0.1, -0.05) is 38.0 Å². The second kappa shape index (κ2) is 10.0. The smallest absolute Gasteiger partial charge is 0.241 e. The molecule has 80 valence electrons. The zero-order chi connectivity index (χ0) is 10.6. The van der Waals surface area contributed by atoms with E-state index in [1.54, 1.807) is 0 Å². The molecule has 0 unspecified atom stereocenters. The standard InChI is InChI=1S/C12H21NO/c1-2-3-4-5-6-7-8-9-10-11-12(13)14/h6-7,10-11H,2-5,8-9H2,1H3,(H2,13,14)/b7-6?,11-10+. The van der Waals surface area contributed by atoms with E-state index in [1.807, 2.05) is 6.08 Å². The average molecular weight is 195 g/mol. The highest BCUT2D eigenvalue weighted by atomic mass is 16.1. The van der Waals surface area contributed by atoms with E-state index < -0.39 is 0 Å². The molecule has 0 aromatic rings. The summed E-state index contributed by atoms with van der Waals surface area (Å²) in [5.41, 5.74) is 4.94. The Labute approximate surface area is 86.9 Å². The topological polar surface area (TPSA) is 43.1 Å². The first kappa shape index (κ1) is 12.9. The molecular weight excluding hydrogens is 174 g/mol. The van der Waals surface area contributed by atoms with E-state index >= 15 is 0 Å². The minimum Gasteiger partial charge on any atom is -0.366 e. The summed E-state index contributed by atoms with van der Waals surface area (Å²) in [4.78, 5) is 10.3. The fourth-order valence-electron chi connectivity index (χ4n) is 1.14. The minimum absolute atomic E-state index is 0.364. The molecule has 0 rings (SSSR count). The highest BCUT2D eigenvalue weighted by Gasteiger charge is 1.83. The normalized spacial score (nSPS) is 11.5. The predicted octanol–water partition coefficient (Wildman–Crippen LogP) is 2.94. The van der Waals surface area contributed by atoms with Gasteiger partial charge in [0.15, 0.2) is 0 Å². The molecule has 14 heavy (non-hydrogen) atoms. The third kappa shape index (κ3) is 11.0. The lowest BCUT2D eigenvalue weighted by Crippen LogP contribution is -2.05. The molecule has 0 bridgehead atoms. The molecule has 2 heteroatoms. The van der Waals surface area contributed by atoms with Crippen LogP contribution in [0.15, 0.2) is 24.3 Å². The summed E-state index contributed by atoms with van der Waals surface area (Å²) in [6.07, 6.45) is 14.6. The molecule has 0 saturated heterocycles. The molecule has 0 spiro atoms. The number of hydrogen-bond acceptors (Lipinski definition) is 1. The van der Waals surface area contributed by atoms with Crippen LogP contribution in [0.3, 0.4) is 0 Å².